The number of carboxylic acid groups (broad SMARTS) is 1. The Bertz CT molecular complexity index is 974. The van der Waals surface area contributed by atoms with Gasteiger partial charge in [-0.15, -0.1) is 0 Å². The molecule has 2 amide bonds. The smallest absolute Gasteiger partial charge is 0.407 e. The van der Waals surface area contributed by atoms with Crippen molar-refractivity contribution in [1.82, 2.24) is 10.6 Å². The van der Waals surface area contributed by atoms with Gasteiger partial charge in [0.1, 0.15) is 12.6 Å². The van der Waals surface area contributed by atoms with Gasteiger partial charge in [0, 0.05) is 18.9 Å². The fourth-order valence-corrected chi connectivity index (χ4v) is 4.54. The van der Waals surface area contributed by atoms with Gasteiger partial charge in [-0.2, -0.15) is 0 Å². The highest BCUT2D eigenvalue weighted by molar-refractivity contribution is 5.83. The van der Waals surface area contributed by atoms with Crippen LogP contribution in [0.25, 0.3) is 11.1 Å². The van der Waals surface area contributed by atoms with E-state index in [2.05, 4.69) is 34.9 Å². The lowest BCUT2D eigenvalue weighted by atomic mass is 9.98. The molecule has 0 bridgehead atoms. The van der Waals surface area contributed by atoms with Crippen LogP contribution in [0.1, 0.15) is 69.4 Å². The number of hydrogen-bond acceptors (Lipinski definition) is 4. The zero-order valence-electron chi connectivity index (χ0n) is 20.6. The van der Waals surface area contributed by atoms with Crippen LogP contribution in [-0.4, -0.2) is 42.3 Å². The van der Waals surface area contributed by atoms with E-state index in [-0.39, 0.29) is 17.7 Å². The van der Waals surface area contributed by atoms with Crippen molar-refractivity contribution >= 4 is 18.0 Å². The molecule has 1 aliphatic rings. The van der Waals surface area contributed by atoms with Gasteiger partial charge in [-0.25, -0.2) is 9.59 Å². The van der Waals surface area contributed by atoms with Crippen molar-refractivity contribution in [2.75, 3.05) is 13.2 Å². The quantitative estimate of drug-likeness (QED) is 0.346. The molecule has 3 N–H and O–H groups in total. The highest BCUT2D eigenvalue weighted by atomic mass is 16.5. The van der Waals surface area contributed by atoms with Crippen LogP contribution >= 0.6 is 0 Å². The Kier molecular flexibility index (Phi) is 9.70. The summed E-state index contributed by atoms with van der Waals surface area (Å²) in [5.41, 5.74) is 4.79. The van der Waals surface area contributed by atoms with Gasteiger partial charge < -0.3 is 20.5 Å². The first-order chi connectivity index (χ1) is 16.9. The lowest BCUT2D eigenvalue weighted by Crippen LogP contribution is -2.44. The number of benzene rings is 2. The third-order valence-electron chi connectivity index (χ3n) is 6.44. The summed E-state index contributed by atoms with van der Waals surface area (Å²) in [6, 6.07) is 15.7. The van der Waals surface area contributed by atoms with Crippen molar-refractivity contribution in [2.24, 2.45) is 5.92 Å². The molecule has 0 saturated carbocycles. The summed E-state index contributed by atoms with van der Waals surface area (Å²) in [7, 11) is 0. The van der Waals surface area contributed by atoms with Crippen molar-refractivity contribution in [1.29, 1.82) is 0 Å². The normalized spacial score (nSPS) is 13.1. The van der Waals surface area contributed by atoms with Gasteiger partial charge in [-0.05, 0) is 41.0 Å². The Morgan fingerprint density at radius 2 is 1.46 bits per heavy atom. The number of carboxylic acids is 1. The van der Waals surface area contributed by atoms with Gasteiger partial charge in [0.25, 0.3) is 0 Å². The van der Waals surface area contributed by atoms with E-state index in [9.17, 15) is 14.4 Å². The van der Waals surface area contributed by atoms with Crippen LogP contribution in [0.4, 0.5) is 4.79 Å². The molecule has 0 fully saturated rings. The summed E-state index contributed by atoms with van der Waals surface area (Å²) >= 11 is 0. The van der Waals surface area contributed by atoms with Crippen molar-refractivity contribution in [3.63, 3.8) is 0 Å². The fraction of sp³-hybridized carbons (Fsp3) is 0.464. The summed E-state index contributed by atoms with van der Waals surface area (Å²) in [5.74, 6) is -1.32. The minimum Gasteiger partial charge on any atom is -0.480 e. The van der Waals surface area contributed by atoms with E-state index in [0.29, 0.717) is 19.6 Å². The van der Waals surface area contributed by atoms with E-state index < -0.39 is 18.1 Å². The molecule has 35 heavy (non-hydrogen) atoms. The minimum absolute atomic E-state index is 0.0525. The number of amides is 2. The van der Waals surface area contributed by atoms with E-state index >= 15 is 0 Å². The molecule has 0 spiro atoms. The molecule has 2 aromatic rings. The molecule has 3 rings (SSSR count). The SMILES string of the molecule is CC(C)[C@H](NC(=O)CCCCCCCNC(=O)OCC1c2ccccc2-c2ccccc21)C(=O)O. The van der Waals surface area contributed by atoms with Crippen LogP contribution in [0.3, 0.4) is 0 Å². The van der Waals surface area contributed by atoms with Crippen molar-refractivity contribution in [3.8, 4) is 11.1 Å². The molecule has 1 aliphatic carbocycles. The summed E-state index contributed by atoms with van der Waals surface area (Å²) in [4.78, 5) is 35.3. The molecule has 0 radical (unpaired) electrons. The zero-order valence-corrected chi connectivity index (χ0v) is 20.6. The molecule has 0 unspecified atom stereocenters. The third kappa shape index (κ3) is 7.31. The second kappa shape index (κ2) is 12.9. The van der Waals surface area contributed by atoms with Crippen molar-refractivity contribution in [2.45, 2.75) is 64.3 Å². The lowest BCUT2D eigenvalue weighted by Gasteiger charge is -2.17. The standard InChI is InChI=1S/C28H36N2O5/c1-19(2)26(27(32)33)30-25(31)16-6-4-3-5-11-17-29-28(34)35-18-24-22-14-9-7-12-20(22)21-13-8-10-15-23(21)24/h7-10,12-15,19,24,26H,3-6,11,16-18H2,1-2H3,(H,29,34)(H,30,31)(H,32,33)/t26-/m0/s1. The molecule has 0 heterocycles. The Hall–Kier alpha value is -3.35. The number of unbranched alkanes of at least 4 members (excludes halogenated alkanes) is 4. The number of hydrogen-bond donors (Lipinski definition) is 3. The number of fused-ring (bicyclic) bond motifs is 3. The largest absolute Gasteiger partial charge is 0.480 e. The summed E-state index contributed by atoms with van der Waals surface area (Å²) in [6.07, 6.45) is 4.26. The summed E-state index contributed by atoms with van der Waals surface area (Å²) < 4.78 is 5.54. The first kappa shape index (κ1) is 26.3. The van der Waals surface area contributed by atoms with Crippen LogP contribution in [0, 0.1) is 5.92 Å². The van der Waals surface area contributed by atoms with Crippen LogP contribution < -0.4 is 10.6 Å². The Morgan fingerprint density at radius 3 is 2.06 bits per heavy atom. The topological polar surface area (TPSA) is 105 Å². The highest BCUT2D eigenvalue weighted by Gasteiger charge is 2.29. The lowest BCUT2D eigenvalue weighted by molar-refractivity contribution is -0.143. The van der Waals surface area contributed by atoms with Crippen LogP contribution in [0.15, 0.2) is 48.5 Å². The maximum atomic E-state index is 12.2. The summed E-state index contributed by atoms with van der Waals surface area (Å²) in [5, 5.41) is 14.5. The van der Waals surface area contributed by atoms with Crippen LogP contribution in [-0.2, 0) is 14.3 Å². The second-order valence-corrected chi connectivity index (χ2v) is 9.40. The van der Waals surface area contributed by atoms with Gasteiger partial charge in [0.2, 0.25) is 5.91 Å². The predicted octanol–water partition coefficient (Wildman–Crippen LogP) is 5.09. The van der Waals surface area contributed by atoms with E-state index in [1.54, 1.807) is 13.8 Å². The van der Waals surface area contributed by atoms with E-state index in [4.69, 9.17) is 9.84 Å². The van der Waals surface area contributed by atoms with Crippen molar-refractivity contribution in [3.05, 3.63) is 59.7 Å². The number of alkyl carbamates (subject to hydrolysis) is 1. The number of ether oxygens (including phenoxy) is 1. The van der Waals surface area contributed by atoms with Crippen molar-refractivity contribution < 1.29 is 24.2 Å². The predicted molar refractivity (Wildman–Crippen MR) is 135 cm³/mol. The Morgan fingerprint density at radius 1 is 0.886 bits per heavy atom. The average Bonchev–Trinajstić information content (AvgIpc) is 3.16. The van der Waals surface area contributed by atoms with E-state index in [1.165, 1.54) is 22.3 Å². The third-order valence-corrected chi connectivity index (χ3v) is 6.44. The number of carbonyl (C=O) groups excluding carboxylic acids is 2. The van der Waals surface area contributed by atoms with Gasteiger partial charge in [-0.3, -0.25) is 4.79 Å². The summed E-state index contributed by atoms with van der Waals surface area (Å²) in [6.45, 7) is 4.40. The van der Waals surface area contributed by atoms with E-state index in [0.717, 1.165) is 32.1 Å². The molecule has 1 atom stereocenters. The molecule has 0 aliphatic heterocycles. The average molecular weight is 481 g/mol. The van der Waals surface area contributed by atoms with Gasteiger partial charge in [-0.1, -0.05) is 81.6 Å². The Labute approximate surface area is 207 Å². The van der Waals surface area contributed by atoms with Gasteiger partial charge in [0.05, 0.1) is 0 Å². The first-order valence-corrected chi connectivity index (χ1v) is 12.5. The molecule has 188 valence electrons. The fourth-order valence-electron chi connectivity index (χ4n) is 4.54. The molecular formula is C28H36N2O5. The molecular weight excluding hydrogens is 444 g/mol. The zero-order chi connectivity index (χ0) is 25.2. The highest BCUT2D eigenvalue weighted by Crippen LogP contribution is 2.44. The van der Waals surface area contributed by atoms with E-state index in [1.807, 2.05) is 24.3 Å². The van der Waals surface area contributed by atoms with Crippen LogP contribution in [0.2, 0.25) is 0 Å². The molecule has 7 nitrogen and oxygen atoms in total. The molecule has 0 saturated heterocycles. The number of nitrogens with one attached hydrogen (secondary N) is 2. The van der Waals surface area contributed by atoms with Gasteiger partial charge >= 0.3 is 12.1 Å². The van der Waals surface area contributed by atoms with Gasteiger partial charge in [0.15, 0.2) is 0 Å². The number of aliphatic carboxylic acids is 1. The molecule has 0 aromatic heterocycles. The molecule has 7 heteroatoms. The monoisotopic (exact) mass is 480 g/mol. The number of carbonyl (C=O) groups is 3. The maximum absolute atomic E-state index is 12.2. The maximum Gasteiger partial charge on any atom is 0.407 e. The first-order valence-electron chi connectivity index (χ1n) is 12.5. The minimum atomic E-state index is -1.00. The Balaban J connectivity index is 1.27. The second-order valence-electron chi connectivity index (χ2n) is 9.40. The molecule has 2 aromatic carbocycles. The van der Waals surface area contributed by atoms with Crippen LogP contribution in [0.5, 0.6) is 0 Å². The number of rotatable bonds is 13.